The third-order valence-corrected chi connectivity index (χ3v) is 2.10. The molecule has 0 spiro atoms. The molecule has 0 bridgehead atoms. The van der Waals surface area contributed by atoms with Gasteiger partial charge in [-0.15, -0.1) is 11.6 Å². The van der Waals surface area contributed by atoms with Crippen molar-refractivity contribution in [2.75, 3.05) is 6.54 Å². The number of halogens is 1. The van der Waals surface area contributed by atoms with Crippen LogP contribution in [-0.4, -0.2) is 12.5 Å². The Morgan fingerprint density at radius 3 is 2.87 bits per heavy atom. The number of rotatable bonds is 2. The molecule has 1 N–H and O–H groups in total. The SMILES string of the molecule is CC(=O)NCC#Cc1ccccc1CCl. The average Bonchev–Trinajstić information content (AvgIpc) is 2.24. The molecule has 0 saturated carbocycles. The molecule has 0 aromatic heterocycles. The van der Waals surface area contributed by atoms with E-state index in [0.29, 0.717) is 12.4 Å². The first kappa shape index (κ1) is 11.6. The highest BCUT2D eigenvalue weighted by atomic mass is 35.5. The maximum Gasteiger partial charge on any atom is 0.217 e. The number of alkyl halides is 1. The van der Waals surface area contributed by atoms with Gasteiger partial charge in [0.05, 0.1) is 6.54 Å². The maximum absolute atomic E-state index is 10.6. The molecule has 0 unspecified atom stereocenters. The Labute approximate surface area is 94.6 Å². The number of carbonyl (C=O) groups excluding carboxylic acids is 1. The summed E-state index contributed by atoms with van der Waals surface area (Å²) in [6, 6.07) is 7.70. The Hall–Kier alpha value is -1.46. The van der Waals surface area contributed by atoms with Crippen molar-refractivity contribution in [2.45, 2.75) is 12.8 Å². The maximum atomic E-state index is 10.6. The Bertz CT molecular complexity index is 404. The lowest BCUT2D eigenvalue weighted by atomic mass is 10.1. The van der Waals surface area contributed by atoms with Crippen molar-refractivity contribution in [3.8, 4) is 11.8 Å². The smallest absolute Gasteiger partial charge is 0.217 e. The summed E-state index contributed by atoms with van der Waals surface area (Å²) in [4.78, 5) is 10.6. The molecule has 1 rings (SSSR count). The van der Waals surface area contributed by atoms with Gasteiger partial charge in [-0.1, -0.05) is 30.0 Å². The molecule has 0 radical (unpaired) electrons. The van der Waals surface area contributed by atoms with E-state index >= 15 is 0 Å². The van der Waals surface area contributed by atoms with Crippen LogP contribution in [0.3, 0.4) is 0 Å². The van der Waals surface area contributed by atoms with Crippen LogP contribution in [0.1, 0.15) is 18.1 Å². The Kier molecular flexibility index (Phi) is 4.73. The number of nitrogens with one attached hydrogen (secondary N) is 1. The van der Waals surface area contributed by atoms with Crippen molar-refractivity contribution in [3.05, 3.63) is 35.4 Å². The second kappa shape index (κ2) is 6.10. The van der Waals surface area contributed by atoms with Crippen LogP contribution in [0.2, 0.25) is 0 Å². The molecule has 0 aliphatic heterocycles. The van der Waals surface area contributed by atoms with Gasteiger partial charge in [0.15, 0.2) is 0 Å². The summed E-state index contributed by atoms with van der Waals surface area (Å²) in [6.07, 6.45) is 0. The molecule has 0 heterocycles. The fourth-order valence-electron chi connectivity index (χ4n) is 1.07. The van der Waals surface area contributed by atoms with Crippen molar-refractivity contribution in [2.24, 2.45) is 0 Å². The Balaban J connectivity index is 2.66. The lowest BCUT2D eigenvalue weighted by Gasteiger charge is -1.98. The van der Waals surface area contributed by atoms with Crippen LogP contribution in [0.25, 0.3) is 0 Å². The topological polar surface area (TPSA) is 29.1 Å². The summed E-state index contributed by atoms with van der Waals surface area (Å²) in [6.45, 7) is 1.83. The second-order valence-corrected chi connectivity index (χ2v) is 3.27. The Morgan fingerprint density at radius 1 is 1.47 bits per heavy atom. The number of carbonyl (C=O) groups is 1. The molecule has 78 valence electrons. The van der Waals surface area contributed by atoms with Crippen LogP contribution in [0.4, 0.5) is 0 Å². The van der Waals surface area contributed by atoms with E-state index in [1.807, 2.05) is 24.3 Å². The van der Waals surface area contributed by atoms with Gasteiger partial charge < -0.3 is 5.32 Å². The number of hydrogen-bond donors (Lipinski definition) is 1. The van der Waals surface area contributed by atoms with Crippen molar-refractivity contribution in [1.82, 2.24) is 5.32 Å². The molecule has 0 aliphatic rings. The van der Waals surface area contributed by atoms with E-state index < -0.39 is 0 Å². The van der Waals surface area contributed by atoms with E-state index in [2.05, 4.69) is 17.2 Å². The molecular weight excluding hydrogens is 210 g/mol. The summed E-state index contributed by atoms with van der Waals surface area (Å²) in [5, 5.41) is 2.61. The molecule has 3 heteroatoms. The molecule has 15 heavy (non-hydrogen) atoms. The summed E-state index contributed by atoms with van der Waals surface area (Å²) in [7, 11) is 0. The van der Waals surface area contributed by atoms with Crippen molar-refractivity contribution in [1.29, 1.82) is 0 Å². The van der Waals surface area contributed by atoms with Gasteiger partial charge in [-0.05, 0) is 11.6 Å². The lowest BCUT2D eigenvalue weighted by Crippen LogP contribution is -2.19. The van der Waals surface area contributed by atoms with Crippen LogP contribution in [0.15, 0.2) is 24.3 Å². The third-order valence-electron chi connectivity index (χ3n) is 1.81. The predicted molar refractivity (Wildman–Crippen MR) is 61.6 cm³/mol. The first-order chi connectivity index (χ1) is 7.24. The minimum atomic E-state index is -0.0741. The first-order valence-corrected chi connectivity index (χ1v) is 5.14. The van der Waals surface area contributed by atoms with E-state index in [1.54, 1.807) is 0 Å². The first-order valence-electron chi connectivity index (χ1n) is 4.61. The van der Waals surface area contributed by atoms with E-state index in [4.69, 9.17) is 11.6 Å². The number of amides is 1. The summed E-state index contributed by atoms with van der Waals surface area (Å²) in [5.74, 6) is 6.21. The number of benzene rings is 1. The van der Waals surface area contributed by atoms with Gasteiger partial charge in [0.1, 0.15) is 0 Å². The monoisotopic (exact) mass is 221 g/mol. The highest BCUT2D eigenvalue weighted by Gasteiger charge is 1.95. The van der Waals surface area contributed by atoms with Crippen LogP contribution in [0.5, 0.6) is 0 Å². The highest BCUT2D eigenvalue weighted by molar-refractivity contribution is 6.17. The van der Waals surface area contributed by atoms with E-state index in [9.17, 15) is 4.79 Å². The Morgan fingerprint density at radius 2 is 2.20 bits per heavy atom. The van der Waals surface area contributed by atoms with Gasteiger partial charge in [0.25, 0.3) is 0 Å². The van der Waals surface area contributed by atoms with Crippen LogP contribution >= 0.6 is 11.6 Å². The zero-order valence-electron chi connectivity index (χ0n) is 8.51. The van der Waals surface area contributed by atoms with Gasteiger partial charge in [-0.3, -0.25) is 4.79 Å². The molecule has 2 nitrogen and oxygen atoms in total. The molecule has 0 fully saturated rings. The van der Waals surface area contributed by atoms with E-state index in [-0.39, 0.29) is 5.91 Å². The zero-order valence-corrected chi connectivity index (χ0v) is 9.27. The fourth-order valence-corrected chi connectivity index (χ4v) is 1.30. The van der Waals surface area contributed by atoms with Gasteiger partial charge >= 0.3 is 0 Å². The van der Waals surface area contributed by atoms with Gasteiger partial charge in [0.2, 0.25) is 5.91 Å². The summed E-state index contributed by atoms with van der Waals surface area (Å²) < 4.78 is 0. The van der Waals surface area contributed by atoms with Crippen molar-refractivity contribution < 1.29 is 4.79 Å². The standard InChI is InChI=1S/C12H12ClNO/c1-10(15)14-8-4-7-11-5-2-3-6-12(11)9-13/h2-3,5-6H,8-9H2,1H3,(H,14,15). The summed E-state index contributed by atoms with van der Waals surface area (Å²) in [5.41, 5.74) is 1.92. The molecule has 1 aromatic carbocycles. The van der Waals surface area contributed by atoms with Crippen LogP contribution in [-0.2, 0) is 10.7 Å². The van der Waals surface area contributed by atoms with Gasteiger partial charge in [-0.25, -0.2) is 0 Å². The minimum absolute atomic E-state index is 0.0741. The molecular formula is C12H12ClNO. The minimum Gasteiger partial charge on any atom is -0.345 e. The second-order valence-electron chi connectivity index (χ2n) is 3.00. The molecule has 1 aromatic rings. The zero-order chi connectivity index (χ0) is 11.1. The third kappa shape index (κ3) is 4.05. The quantitative estimate of drug-likeness (QED) is 0.600. The molecule has 0 atom stereocenters. The van der Waals surface area contributed by atoms with Crippen molar-refractivity contribution in [3.63, 3.8) is 0 Å². The lowest BCUT2D eigenvalue weighted by molar-refractivity contribution is -0.118. The van der Waals surface area contributed by atoms with E-state index in [0.717, 1.165) is 11.1 Å². The predicted octanol–water partition coefficient (Wildman–Crippen LogP) is 1.91. The average molecular weight is 222 g/mol. The normalized spacial score (nSPS) is 8.93. The van der Waals surface area contributed by atoms with E-state index in [1.165, 1.54) is 6.92 Å². The van der Waals surface area contributed by atoms with Gasteiger partial charge in [0, 0.05) is 18.4 Å². The van der Waals surface area contributed by atoms with Crippen LogP contribution < -0.4 is 5.32 Å². The molecule has 0 aliphatic carbocycles. The highest BCUT2D eigenvalue weighted by Crippen LogP contribution is 2.09. The number of hydrogen-bond acceptors (Lipinski definition) is 1. The van der Waals surface area contributed by atoms with Gasteiger partial charge in [-0.2, -0.15) is 0 Å². The van der Waals surface area contributed by atoms with Crippen molar-refractivity contribution >= 4 is 17.5 Å². The molecule has 1 amide bonds. The van der Waals surface area contributed by atoms with Crippen LogP contribution in [0, 0.1) is 11.8 Å². The molecule has 0 saturated heterocycles. The fraction of sp³-hybridized carbons (Fsp3) is 0.250. The summed E-state index contributed by atoms with van der Waals surface area (Å²) >= 11 is 5.76. The largest absolute Gasteiger partial charge is 0.345 e.